The van der Waals surface area contributed by atoms with Crippen LogP contribution < -0.4 is 5.32 Å². The lowest BCUT2D eigenvalue weighted by molar-refractivity contribution is -0.142. The topological polar surface area (TPSA) is 82.5 Å². The Morgan fingerprint density at radius 3 is 3.00 bits per heavy atom. The number of hydrogen-bond acceptors (Lipinski definition) is 4. The van der Waals surface area contributed by atoms with Crippen LogP contribution in [0.3, 0.4) is 0 Å². The summed E-state index contributed by atoms with van der Waals surface area (Å²) in [6, 6.07) is -0.219. The minimum absolute atomic E-state index is 0.0848. The molecule has 2 aliphatic rings. The van der Waals surface area contributed by atoms with Crippen LogP contribution in [-0.4, -0.2) is 39.1 Å². The Balaban J connectivity index is 1.63. The molecule has 2 aliphatic heterocycles. The highest BCUT2D eigenvalue weighted by Crippen LogP contribution is 2.41. The van der Waals surface area contributed by atoms with Gasteiger partial charge < -0.3 is 15.3 Å². The lowest BCUT2D eigenvalue weighted by atomic mass is 9.89. The number of urea groups is 1. The van der Waals surface area contributed by atoms with Gasteiger partial charge in [0.15, 0.2) is 0 Å². The van der Waals surface area contributed by atoms with E-state index < -0.39 is 11.9 Å². The fraction of sp³-hybridized carbons (Fsp3) is 0.583. The second-order valence-electron chi connectivity index (χ2n) is 5.02. The molecule has 2 fully saturated rings. The zero-order valence-electron chi connectivity index (χ0n) is 10.3. The van der Waals surface area contributed by atoms with Gasteiger partial charge in [0.2, 0.25) is 0 Å². The molecule has 0 radical (unpaired) electrons. The second kappa shape index (κ2) is 4.80. The highest BCUT2D eigenvalue weighted by atomic mass is 32.1. The molecule has 7 heteroatoms. The number of aromatic nitrogens is 1. The van der Waals surface area contributed by atoms with Crippen molar-refractivity contribution in [3.63, 3.8) is 0 Å². The van der Waals surface area contributed by atoms with Gasteiger partial charge in [-0.3, -0.25) is 4.79 Å². The molecule has 0 aromatic carbocycles. The van der Waals surface area contributed by atoms with Gasteiger partial charge in [-0.05, 0) is 19.3 Å². The molecule has 3 heterocycles. The molecule has 6 nitrogen and oxygen atoms in total. The number of carboxylic acid groups (broad SMARTS) is 1. The Morgan fingerprint density at radius 1 is 1.53 bits per heavy atom. The summed E-state index contributed by atoms with van der Waals surface area (Å²) in [7, 11) is 0. The van der Waals surface area contributed by atoms with Crippen molar-refractivity contribution in [1.29, 1.82) is 0 Å². The van der Waals surface area contributed by atoms with Crippen molar-refractivity contribution in [2.45, 2.75) is 37.9 Å². The van der Waals surface area contributed by atoms with Crippen LogP contribution in [0.5, 0.6) is 0 Å². The molecule has 0 aliphatic carbocycles. The zero-order chi connectivity index (χ0) is 13.4. The Hall–Kier alpha value is -1.63. The summed E-state index contributed by atoms with van der Waals surface area (Å²) in [6.45, 7) is 0.399. The summed E-state index contributed by atoms with van der Waals surface area (Å²) in [6.07, 6.45) is 2.30. The first-order valence-electron chi connectivity index (χ1n) is 6.33. The molecule has 1 aromatic rings. The fourth-order valence-electron chi connectivity index (χ4n) is 3.15. The van der Waals surface area contributed by atoms with Crippen LogP contribution in [0.15, 0.2) is 10.9 Å². The minimum Gasteiger partial charge on any atom is -0.481 e. The van der Waals surface area contributed by atoms with E-state index in [4.69, 9.17) is 5.11 Å². The number of carbonyl (C=O) groups excluding carboxylic acids is 1. The van der Waals surface area contributed by atoms with E-state index in [1.807, 2.05) is 5.38 Å². The third kappa shape index (κ3) is 2.18. The third-order valence-electron chi connectivity index (χ3n) is 3.99. The summed E-state index contributed by atoms with van der Waals surface area (Å²) in [5, 5.41) is 13.9. The van der Waals surface area contributed by atoms with Gasteiger partial charge in [0.25, 0.3) is 0 Å². The van der Waals surface area contributed by atoms with E-state index in [1.165, 1.54) is 11.3 Å². The number of carbonyl (C=O) groups is 2. The van der Waals surface area contributed by atoms with E-state index in [1.54, 1.807) is 10.4 Å². The normalized spacial score (nSPS) is 28.6. The van der Waals surface area contributed by atoms with Gasteiger partial charge in [-0.2, -0.15) is 0 Å². The van der Waals surface area contributed by atoms with Gasteiger partial charge in [-0.15, -0.1) is 11.3 Å². The maximum absolute atomic E-state index is 12.2. The highest BCUT2D eigenvalue weighted by molar-refractivity contribution is 7.07. The summed E-state index contributed by atoms with van der Waals surface area (Å²) in [5.41, 5.74) is 2.56. The van der Waals surface area contributed by atoms with E-state index in [2.05, 4.69) is 10.3 Å². The van der Waals surface area contributed by atoms with Crippen LogP contribution >= 0.6 is 11.3 Å². The van der Waals surface area contributed by atoms with Crippen molar-refractivity contribution in [3.05, 3.63) is 16.6 Å². The van der Waals surface area contributed by atoms with E-state index in [0.29, 0.717) is 13.0 Å². The lowest BCUT2D eigenvalue weighted by Gasteiger charge is -2.23. The first kappa shape index (κ1) is 12.4. The second-order valence-corrected chi connectivity index (χ2v) is 5.74. The third-order valence-corrected chi connectivity index (χ3v) is 4.63. The fourth-order valence-corrected chi connectivity index (χ4v) is 3.71. The number of hydrogen-bond donors (Lipinski definition) is 2. The quantitative estimate of drug-likeness (QED) is 0.874. The molecule has 102 valence electrons. The molecular formula is C12H15N3O3S. The molecule has 1 aromatic heterocycles. The van der Waals surface area contributed by atoms with Gasteiger partial charge in [0, 0.05) is 17.5 Å². The Kier molecular flexibility index (Phi) is 3.14. The van der Waals surface area contributed by atoms with Crippen molar-refractivity contribution >= 4 is 23.3 Å². The molecule has 2 amide bonds. The van der Waals surface area contributed by atoms with Gasteiger partial charge >= 0.3 is 12.0 Å². The van der Waals surface area contributed by atoms with Crippen molar-refractivity contribution in [2.75, 3.05) is 0 Å². The van der Waals surface area contributed by atoms with Crippen molar-refractivity contribution in [3.8, 4) is 0 Å². The summed E-state index contributed by atoms with van der Waals surface area (Å²) in [5.74, 6) is -1.19. The van der Waals surface area contributed by atoms with Crippen LogP contribution in [0, 0.1) is 5.92 Å². The first-order valence-corrected chi connectivity index (χ1v) is 7.27. The maximum atomic E-state index is 12.2. The average molecular weight is 281 g/mol. The highest BCUT2D eigenvalue weighted by Gasteiger charge is 2.51. The Morgan fingerprint density at radius 2 is 2.37 bits per heavy atom. The van der Waals surface area contributed by atoms with E-state index in [-0.39, 0.29) is 18.1 Å². The molecule has 2 N–H and O–H groups in total. The van der Waals surface area contributed by atoms with Gasteiger partial charge in [0.1, 0.15) is 0 Å². The number of rotatable bonds is 3. The Labute approximate surface area is 114 Å². The summed E-state index contributed by atoms with van der Waals surface area (Å²) >= 11 is 1.49. The van der Waals surface area contributed by atoms with Crippen LogP contribution in [0.25, 0.3) is 0 Å². The van der Waals surface area contributed by atoms with Crippen molar-refractivity contribution in [1.82, 2.24) is 15.2 Å². The van der Waals surface area contributed by atoms with Crippen LogP contribution in [0.1, 0.15) is 25.0 Å². The van der Waals surface area contributed by atoms with Crippen LogP contribution in [0.2, 0.25) is 0 Å². The average Bonchev–Trinajstić information content (AvgIpc) is 3.11. The summed E-state index contributed by atoms with van der Waals surface area (Å²) < 4.78 is 0. The molecule has 3 atom stereocenters. The predicted molar refractivity (Wildman–Crippen MR) is 68.7 cm³/mol. The number of carboxylic acids is 1. The number of nitrogens with one attached hydrogen (secondary N) is 1. The van der Waals surface area contributed by atoms with Gasteiger partial charge in [0.05, 0.1) is 23.7 Å². The number of fused-ring (bicyclic) bond motifs is 2. The number of nitrogens with zero attached hydrogens (tertiary/aromatic N) is 2. The van der Waals surface area contributed by atoms with Crippen molar-refractivity contribution < 1.29 is 14.7 Å². The largest absolute Gasteiger partial charge is 0.481 e. The number of aliphatic carboxylic acids is 1. The number of amides is 2. The first-order chi connectivity index (χ1) is 9.16. The molecular weight excluding hydrogens is 266 g/mol. The SMILES string of the molecule is O=C(O)C1CC2CCC1N2C(=O)NCc1cscn1. The molecule has 3 rings (SSSR count). The van der Waals surface area contributed by atoms with Gasteiger partial charge in [-0.25, -0.2) is 9.78 Å². The maximum Gasteiger partial charge on any atom is 0.318 e. The molecule has 0 spiro atoms. The molecule has 2 bridgehead atoms. The predicted octanol–water partition coefficient (Wildman–Crippen LogP) is 1.29. The lowest BCUT2D eigenvalue weighted by Crippen LogP contribution is -2.44. The van der Waals surface area contributed by atoms with Gasteiger partial charge in [-0.1, -0.05) is 0 Å². The van der Waals surface area contributed by atoms with E-state index >= 15 is 0 Å². The standard InChI is InChI=1S/C12H15N3O3S/c16-11(17)9-3-8-1-2-10(9)15(8)12(18)13-4-7-5-19-6-14-7/h5-6,8-10H,1-4H2,(H,13,18)(H,16,17). The number of thiazole rings is 1. The monoisotopic (exact) mass is 281 g/mol. The van der Waals surface area contributed by atoms with Crippen LogP contribution in [-0.2, 0) is 11.3 Å². The van der Waals surface area contributed by atoms with Crippen LogP contribution in [0.4, 0.5) is 4.79 Å². The van der Waals surface area contributed by atoms with E-state index in [9.17, 15) is 9.59 Å². The molecule has 3 unspecified atom stereocenters. The zero-order valence-corrected chi connectivity index (χ0v) is 11.1. The minimum atomic E-state index is -0.787. The van der Waals surface area contributed by atoms with Crippen molar-refractivity contribution in [2.24, 2.45) is 5.92 Å². The molecule has 19 heavy (non-hydrogen) atoms. The Bertz CT molecular complexity index is 490. The smallest absolute Gasteiger partial charge is 0.318 e. The molecule has 2 saturated heterocycles. The van der Waals surface area contributed by atoms with E-state index in [0.717, 1.165) is 18.5 Å². The molecule has 0 saturated carbocycles. The summed E-state index contributed by atoms with van der Waals surface area (Å²) in [4.78, 5) is 29.1.